The van der Waals surface area contributed by atoms with Gasteiger partial charge in [0.1, 0.15) is 11.5 Å². The molecule has 2 N–H and O–H groups in total. The van der Waals surface area contributed by atoms with Crippen LogP contribution in [0.3, 0.4) is 0 Å². The van der Waals surface area contributed by atoms with Gasteiger partial charge in [-0.1, -0.05) is 30.3 Å². The lowest BCUT2D eigenvalue weighted by Crippen LogP contribution is -2.47. The summed E-state index contributed by atoms with van der Waals surface area (Å²) in [5.41, 5.74) is 4.98. The van der Waals surface area contributed by atoms with Crippen molar-refractivity contribution in [2.24, 2.45) is 5.10 Å². The number of hydrazine groups is 1. The number of fused-ring (bicyclic) bond motifs is 1. The molecule has 3 aromatic rings. The highest BCUT2D eigenvalue weighted by molar-refractivity contribution is 6.39. The maximum atomic E-state index is 13.1. The van der Waals surface area contributed by atoms with Gasteiger partial charge in [-0.2, -0.15) is 10.2 Å². The molecule has 4 rings (SSSR count). The lowest BCUT2D eigenvalue weighted by Gasteiger charge is -2.23. The van der Waals surface area contributed by atoms with E-state index in [9.17, 15) is 23.6 Å². The highest BCUT2D eigenvalue weighted by Gasteiger charge is 2.25. The molecule has 35 heavy (non-hydrogen) atoms. The van der Waals surface area contributed by atoms with Gasteiger partial charge in [-0.05, 0) is 37.6 Å². The smallest absolute Gasteiger partial charge is 0.273 e. The molecule has 0 radical (unpaired) electrons. The van der Waals surface area contributed by atoms with Crippen LogP contribution in [0.2, 0.25) is 0 Å². The molecule has 2 heterocycles. The van der Waals surface area contributed by atoms with Gasteiger partial charge >= 0.3 is 0 Å². The third-order valence-electron chi connectivity index (χ3n) is 5.43. The van der Waals surface area contributed by atoms with Gasteiger partial charge in [-0.25, -0.2) is 14.1 Å². The SMILES string of the molecule is CC(C)n1nc(C(=O)NNC(=O)C2=NN(Cc3ccc(F)cc3)C(=O)CC2)c2ccccc2c1=O. The second-order valence-electron chi connectivity index (χ2n) is 8.27. The van der Waals surface area contributed by atoms with Crippen molar-refractivity contribution >= 4 is 34.2 Å². The van der Waals surface area contributed by atoms with Crippen molar-refractivity contribution < 1.29 is 18.8 Å². The van der Waals surface area contributed by atoms with Crippen molar-refractivity contribution in [2.75, 3.05) is 0 Å². The predicted molar refractivity (Wildman–Crippen MR) is 126 cm³/mol. The average molecular weight is 478 g/mol. The van der Waals surface area contributed by atoms with Gasteiger partial charge in [0.15, 0.2) is 5.69 Å². The first-order valence-electron chi connectivity index (χ1n) is 11.0. The van der Waals surface area contributed by atoms with Crippen LogP contribution in [0.25, 0.3) is 10.8 Å². The Kier molecular flexibility index (Phi) is 6.67. The molecule has 0 atom stereocenters. The van der Waals surface area contributed by atoms with E-state index < -0.39 is 17.6 Å². The number of hydrogen-bond donors (Lipinski definition) is 2. The zero-order valence-electron chi connectivity index (χ0n) is 19.1. The number of hydrogen-bond acceptors (Lipinski definition) is 6. The Morgan fingerprint density at radius 3 is 2.31 bits per heavy atom. The number of carbonyl (C=O) groups excluding carboxylic acids is 3. The molecule has 0 saturated heterocycles. The van der Waals surface area contributed by atoms with E-state index >= 15 is 0 Å². The molecule has 10 nitrogen and oxygen atoms in total. The quantitative estimate of drug-likeness (QED) is 0.543. The van der Waals surface area contributed by atoms with Crippen LogP contribution >= 0.6 is 0 Å². The topological polar surface area (TPSA) is 126 Å². The Labute approximate surface area is 199 Å². The van der Waals surface area contributed by atoms with Crippen LogP contribution in [-0.2, 0) is 16.1 Å². The van der Waals surface area contributed by atoms with E-state index in [0.29, 0.717) is 16.3 Å². The summed E-state index contributed by atoms with van der Waals surface area (Å²) >= 11 is 0. The van der Waals surface area contributed by atoms with Gasteiger partial charge in [0.05, 0.1) is 18.0 Å². The van der Waals surface area contributed by atoms with Crippen LogP contribution < -0.4 is 16.4 Å². The largest absolute Gasteiger partial charge is 0.290 e. The fourth-order valence-electron chi connectivity index (χ4n) is 3.62. The molecule has 180 valence electrons. The molecule has 3 amide bonds. The summed E-state index contributed by atoms with van der Waals surface area (Å²) in [5, 5.41) is 10.1. The fraction of sp³-hybridized carbons (Fsp3) is 0.250. The molecule has 0 fully saturated rings. The molecule has 1 aliphatic heterocycles. The minimum atomic E-state index is -0.709. The second kappa shape index (κ2) is 9.84. The van der Waals surface area contributed by atoms with E-state index in [0.717, 1.165) is 5.01 Å². The van der Waals surface area contributed by atoms with E-state index in [-0.39, 0.29) is 48.3 Å². The number of carbonyl (C=O) groups is 3. The molecule has 1 aliphatic rings. The first-order valence-corrected chi connectivity index (χ1v) is 11.0. The number of rotatable bonds is 5. The summed E-state index contributed by atoms with van der Waals surface area (Å²) < 4.78 is 14.3. The van der Waals surface area contributed by atoms with E-state index in [2.05, 4.69) is 21.1 Å². The van der Waals surface area contributed by atoms with Gasteiger partial charge < -0.3 is 0 Å². The number of nitrogens with one attached hydrogen (secondary N) is 2. The summed E-state index contributed by atoms with van der Waals surface area (Å²) in [5.74, 6) is -2.07. The maximum absolute atomic E-state index is 13.1. The normalized spacial score (nSPS) is 13.7. The Balaban J connectivity index is 1.50. The number of benzene rings is 2. The van der Waals surface area contributed by atoms with Crippen LogP contribution in [0.1, 0.15) is 48.8 Å². The van der Waals surface area contributed by atoms with Crippen molar-refractivity contribution in [1.82, 2.24) is 25.6 Å². The number of halogens is 1. The van der Waals surface area contributed by atoms with Crippen molar-refractivity contribution in [3.63, 3.8) is 0 Å². The van der Waals surface area contributed by atoms with Crippen molar-refractivity contribution in [3.05, 3.63) is 76.0 Å². The van der Waals surface area contributed by atoms with Crippen LogP contribution in [0.4, 0.5) is 4.39 Å². The van der Waals surface area contributed by atoms with Crippen molar-refractivity contribution in [2.45, 2.75) is 39.3 Å². The summed E-state index contributed by atoms with van der Waals surface area (Å²) in [4.78, 5) is 50.4. The predicted octanol–water partition coefficient (Wildman–Crippen LogP) is 2.06. The standard InChI is InChI=1S/C24H23FN6O4/c1-14(2)31-24(35)18-6-4-3-5-17(18)21(29-31)23(34)27-26-22(33)19-11-12-20(32)30(28-19)13-15-7-9-16(25)10-8-15/h3-10,14H,11-13H2,1-2H3,(H,26,33)(H,27,34). The zero-order chi connectivity index (χ0) is 25.1. The number of hydrazone groups is 1. The Hall–Kier alpha value is -4.41. The molecule has 0 aliphatic carbocycles. The van der Waals surface area contributed by atoms with Gasteiger partial charge in [-0.3, -0.25) is 30.0 Å². The Morgan fingerprint density at radius 2 is 1.63 bits per heavy atom. The number of aromatic nitrogens is 2. The maximum Gasteiger partial charge on any atom is 0.290 e. The first kappa shape index (κ1) is 23.7. The van der Waals surface area contributed by atoms with Crippen LogP contribution in [0.15, 0.2) is 58.4 Å². The van der Waals surface area contributed by atoms with E-state index in [1.165, 1.54) is 28.9 Å². The van der Waals surface area contributed by atoms with E-state index in [1.807, 2.05) is 0 Å². The second-order valence-corrected chi connectivity index (χ2v) is 8.27. The monoisotopic (exact) mass is 478 g/mol. The molecular formula is C24H23FN6O4. The van der Waals surface area contributed by atoms with Gasteiger partial charge in [0.25, 0.3) is 17.4 Å². The third kappa shape index (κ3) is 5.08. The molecule has 2 aromatic carbocycles. The van der Waals surface area contributed by atoms with Gasteiger partial charge in [0.2, 0.25) is 5.91 Å². The minimum absolute atomic E-state index is 0.0205. The molecular weight excluding hydrogens is 455 g/mol. The van der Waals surface area contributed by atoms with Gasteiger partial charge in [-0.15, -0.1) is 0 Å². The molecule has 0 unspecified atom stereocenters. The number of nitrogens with zero attached hydrogens (tertiary/aromatic N) is 4. The number of amides is 3. The average Bonchev–Trinajstić information content (AvgIpc) is 2.85. The Bertz CT molecular complexity index is 1400. The zero-order valence-corrected chi connectivity index (χ0v) is 19.1. The summed E-state index contributed by atoms with van der Waals surface area (Å²) in [7, 11) is 0. The lowest BCUT2D eigenvalue weighted by molar-refractivity contribution is -0.132. The molecule has 0 bridgehead atoms. The van der Waals surface area contributed by atoms with E-state index in [1.54, 1.807) is 38.1 Å². The summed E-state index contributed by atoms with van der Waals surface area (Å²) in [6.07, 6.45) is 0.160. The minimum Gasteiger partial charge on any atom is -0.273 e. The van der Waals surface area contributed by atoms with Crippen molar-refractivity contribution in [1.29, 1.82) is 0 Å². The molecule has 0 saturated carbocycles. The fourth-order valence-corrected chi connectivity index (χ4v) is 3.62. The molecule has 11 heteroatoms. The highest BCUT2D eigenvalue weighted by atomic mass is 19.1. The van der Waals surface area contributed by atoms with E-state index in [4.69, 9.17) is 0 Å². The Morgan fingerprint density at radius 1 is 0.971 bits per heavy atom. The van der Waals surface area contributed by atoms with Crippen molar-refractivity contribution in [3.8, 4) is 0 Å². The lowest BCUT2D eigenvalue weighted by atomic mass is 10.1. The molecule has 1 aromatic heterocycles. The first-order chi connectivity index (χ1) is 16.7. The summed E-state index contributed by atoms with van der Waals surface area (Å²) in [6.45, 7) is 3.62. The van der Waals surface area contributed by atoms with Crippen LogP contribution in [0, 0.1) is 5.82 Å². The highest BCUT2D eigenvalue weighted by Crippen LogP contribution is 2.16. The molecule has 0 spiro atoms. The summed E-state index contributed by atoms with van der Waals surface area (Å²) in [6, 6.07) is 11.9. The van der Waals surface area contributed by atoms with Crippen LogP contribution in [0.5, 0.6) is 0 Å². The van der Waals surface area contributed by atoms with Gasteiger partial charge in [0, 0.05) is 18.2 Å². The third-order valence-corrected chi connectivity index (χ3v) is 5.43. The van der Waals surface area contributed by atoms with Crippen LogP contribution in [-0.4, -0.2) is 38.2 Å².